The number of epoxide rings is 1. The lowest BCUT2D eigenvalue weighted by atomic mass is 9.97. The molecule has 0 saturated carbocycles. The highest BCUT2D eigenvalue weighted by molar-refractivity contribution is 9.11. The van der Waals surface area contributed by atoms with E-state index in [4.69, 9.17) is 4.74 Å². The van der Waals surface area contributed by atoms with Crippen molar-refractivity contribution in [2.45, 2.75) is 18.1 Å². The average Bonchev–Trinajstić information content (AvgIpc) is 2.75. The number of hydrogen-bond donors (Lipinski definition) is 0. The zero-order chi connectivity index (χ0) is 7.73. The summed E-state index contributed by atoms with van der Waals surface area (Å²) in [6.45, 7) is 0. The van der Waals surface area contributed by atoms with Gasteiger partial charge < -0.3 is 4.74 Å². The van der Waals surface area contributed by atoms with E-state index in [9.17, 15) is 0 Å². The summed E-state index contributed by atoms with van der Waals surface area (Å²) in [5.74, 6) is 0. The topological polar surface area (TPSA) is 12.5 Å². The molecular weight excluding hydrogens is 204 g/mol. The molecule has 2 aliphatic rings. The predicted molar refractivity (Wildman–Crippen MR) is 48.6 cm³/mol. The minimum Gasteiger partial charge on any atom is -0.357 e. The summed E-state index contributed by atoms with van der Waals surface area (Å²) in [6.07, 6.45) is 11.7. The maximum Gasteiger partial charge on any atom is 0.121 e. The molecule has 1 heterocycles. The van der Waals surface area contributed by atoms with E-state index < -0.39 is 0 Å². The van der Waals surface area contributed by atoms with Gasteiger partial charge in [0.2, 0.25) is 0 Å². The van der Waals surface area contributed by atoms with Crippen LogP contribution in [-0.4, -0.2) is 11.7 Å². The Bertz CT molecular complexity index is 242. The SMILES string of the molecule is BrC=CCC12C=CC=CC1O2. The molecule has 2 rings (SSSR count). The van der Waals surface area contributed by atoms with Gasteiger partial charge in [0.1, 0.15) is 11.7 Å². The number of fused-ring (bicyclic) bond motifs is 1. The monoisotopic (exact) mass is 212 g/mol. The van der Waals surface area contributed by atoms with E-state index in [1.807, 2.05) is 17.1 Å². The standard InChI is InChI=1S/C9H9BrO/c10-7-3-6-9-5-2-1-4-8(9)11-9/h1-5,7-8H,6H2. The fourth-order valence-electron chi connectivity index (χ4n) is 1.38. The second kappa shape index (κ2) is 2.61. The summed E-state index contributed by atoms with van der Waals surface area (Å²) >= 11 is 3.24. The lowest BCUT2D eigenvalue weighted by Crippen LogP contribution is -2.10. The highest BCUT2D eigenvalue weighted by Gasteiger charge is 2.52. The Kier molecular flexibility index (Phi) is 1.74. The van der Waals surface area contributed by atoms with Gasteiger partial charge in [-0.2, -0.15) is 0 Å². The predicted octanol–water partition coefficient (Wildman–Crippen LogP) is 2.55. The third kappa shape index (κ3) is 1.21. The summed E-state index contributed by atoms with van der Waals surface area (Å²) in [4.78, 5) is 1.88. The van der Waals surface area contributed by atoms with E-state index in [-0.39, 0.29) is 5.60 Å². The van der Waals surface area contributed by atoms with Gasteiger partial charge >= 0.3 is 0 Å². The highest BCUT2D eigenvalue weighted by atomic mass is 79.9. The Labute approximate surface area is 74.6 Å². The van der Waals surface area contributed by atoms with Crippen molar-refractivity contribution in [1.29, 1.82) is 0 Å². The number of allylic oxidation sites excluding steroid dienone is 2. The molecule has 0 spiro atoms. The summed E-state index contributed by atoms with van der Waals surface area (Å²) in [5, 5.41) is 0. The molecule has 0 aromatic rings. The van der Waals surface area contributed by atoms with Crippen LogP contribution >= 0.6 is 15.9 Å². The van der Waals surface area contributed by atoms with Crippen LogP contribution in [0.15, 0.2) is 35.4 Å². The maximum absolute atomic E-state index is 5.52. The molecule has 2 unspecified atom stereocenters. The van der Waals surface area contributed by atoms with Crippen molar-refractivity contribution >= 4 is 15.9 Å². The lowest BCUT2D eigenvalue weighted by Gasteiger charge is -2.03. The fraction of sp³-hybridized carbons (Fsp3) is 0.333. The van der Waals surface area contributed by atoms with Crippen LogP contribution in [0.2, 0.25) is 0 Å². The highest BCUT2D eigenvalue weighted by Crippen LogP contribution is 2.44. The molecule has 0 N–H and O–H groups in total. The van der Waals surface area contributed by atoms with Crippen LogP contribution in [0.25, 0.3) is 0 Å². The first-order chi connectivity index (χ1) is 5.37. The van der Waals surface area contributed by atoms with Crippen LogP contribution in [0.1, 0.15) is 6.42 Å². The van der Waals surface area contributed by atoms with Crippen LogP contribution in [-0.2, 0) is 4.74 Å². The van der Waals surface area contributed by atoms with E-state index >= 15 is 0 Å². The van der Waals surface area contributed by atoms with Gasteiger partial charge in [-0.05, 0) is 11.1 Å². The van der Waals surface area contributed by atoms with Crippen molar-refractivity contribution in [1.82, 2.24) is 0 Å². The second-order valence-corrected chi connectivity index (χ2v) is 3.33. The molecule has 58 valence electrons. The van der Waals surface area contributed by atoms with Crippen LogP contribution in [0.5, 0.6) is 0 Å². The quantitative estimate of drug-likeness (QED) is 0.642. The minimum atomic E-state index is 0.0129. The second-order valence-electron chi connectivity index (χ2n) is 2.80. The van der Waals surface area contributed by atoms with E-state index in [1.54, 1.807) is 0 Å². The third-order valence-corrected chi connectivity index (χ3v) is 2.45. The van der Waals surface area contributed by atoms with Crippen LogP contribution < -0.4 is 0 Å². The van der Waals surface area contributed by atoms with Gasteiger partial charge in [-0.1, -0.05) is 40.2 Å². The number of ether oxygens (including phenoxy) is 1. The molecule has 0 bridgehead atoms. The zero-order valence-electron chi connectivity index (χ0n) is 6.03. The maximum atomic E-state index is 5.52. The molecule has 11 heavy (non-hydrogen) atoms. The van der Waals surface area contributed by atoms with Gasteiger partial charge in [-0.25, -0.2) is 0 Å². The minimum absolute atomic E-state index is 0.0129. The average molecular weight is 213 g/mol. The number of rotatable bonds is 2. The van der Waals surface area contributed by atoms with E-state index in [0.717, 1.165) is 6.42 Å². The van der Waals surface area contributed by atoms with Gasteiger partial charge in [0.25, 0.3) is 0 Å². The Morgan fingerprint density at radius 2 is 2.45 bits per heavy atom. The van der Waals surface area contributed by atoms with Gasteiger partial charge in [-0.3, -0.25) is 0 Å². The number of halogens is 1. The first-order valence-corrected chi connectivity index (χ1v) is 4.58. The molecule has 1 fully saturated rings. The Hall–Kier alpha value is -0.340. The van der Waals surface area contributed by atoms with Gasteiger partial charge in [-0.15, -0.1) is 0 Å². The van der Waals surface area contributed by atoms with E-state index in [0.29, 0.717) is 6.10 Å². The van der Waals surface area contributed by atoms with Crippen molar-refractivity contribution < 1.29 is 4.74 Å². The molecule has 2 heteroatoms. The largest absolute Gasteiger partial charge is 0.357 e. The van der Waals surface area contributed by atoms with Gasteiger partial charge in [0.05, 0.1) is 0 Å². The summed E-state index contributed by atoms with van der Waals surface area (Å²) in [5.41, 5.74) is 0.0129. The van der Waals surface area contributed by atoms with Gasteiger partial charge in [0, 0.05) is 6.42 Å². The number of hydrogen-bond acceptors (Lipinski definition) is 1. The normalized spacial score (nSPS) is 39.5. The van der Waals surface area contributed by atoms with E-state index in [2.05, 4.69) is 34.2 Å². The molecular formula is C9H9BrO. The molecule has 0 amide bonds. The molecule has 2 atom stereocenters. The third-order valence-electron chi connectivity index (χ3n) is 2.07. The fourth-order valence-corrected chi connectivity index (χ4v) is 1.57. The Morgan fingerprint density at radius 1 is 1.55 bits per heavy atom. The molecule has 0 aromatic carbocycles. The Morgan fingerprint density at radius 3 is 3.18 bits per heavy atom. The van der Waals surface area contributed by atoms with E-state index in [1.165, 1.54) is 0 Å². The van der Waals surface area contributed by atoms with Crippen LogP contribution in [0, 0.1) is 0 Å². The molecule has 1 aliphatic carbocycles. The van der Waals surface area contributed by atoms with Gasteiger partial charge in [0.15, 0.2) is 0 Å². The molecule has 1 saturated heterocycles. The zero-order valence-corrected chi connectivity index (χ0v) is 7.62. The first-order valence-electron chi connectivity index (χ1n) is 3.66. The molecule has 1 nitrogen and oxygen atoms in total. The molecule has 0 radical (unpaired) electrons. The molecule has 1 aliphatic heterocycles. The van der Waals surface area contributed by atoms with Crippen LogP contribution in [0.3, 0.4) is 0 Å². The lowest BCUT2D eigenvalue weighted by molar-refractivity contribution is 0.342. The van der Waals surface area contributed by atoms with Crippen molar-refractivity contribution in [3.63, 3.8) is 0 Å². The summed E-state index contributed by atoms with van der Waals surface area (Å²) < 4.78 is 5.52. The van der Waals surface area contributed by atoms with Crippen molar-refractivity contribution in [3.8, 4) is 0 Å². The van der Waals surface area contributed by atoms with Crippen molar-refractivity contribution in [2.75, 3.05) is 0 Å². The van der Waals surface area contributed by atoms with Crippen LogP contribution in [0.4, 0.5) is 0 Å². The van der Waals surface area contributed by atoms with Crippen molar-refractivity contribution in [3.05, 3.63) is 35.4 Å². The summed E-state index contributed by atoms with van der Waals surface area (Å²) in [7, 11) is 0. The smallest absolute Gasteiger partial charge is 0.121 e. The van der Waals surface area contributed by atoms with Crippen molar-refractivity contribution in [2.24, 2.45) is 0 Å². The Balaban J connectivity index is 2.05. The summed E-state index contributed by atoms with van der Waals surface area (Å²) in [6, 6.07) is 0. The molecule has 0 aromatic heterocycles. The first kappa shape index (κ1) is 7.32.